The zero-order chi connectivity index (χ0) is 13.0. The second kappa shape index (κ2) is 5.69. The molecule has 18 heavy (non-hydrogen) atoms. The summed E-state index contributed by atoms with van der Waals surface area (Å²) < 4.78 is 23.9. The molecule has 0 aliphatic rings. The van der Waals surface area contributed by atoms with Crippen molar-refractivity contribution in [2.45, 2.75) is 18.9 Å². The van der Waals surface area contributed by atoms with Crippen molar-refractivity contribution in [2.75, 3.05) is 7.11 Å². The quantitative estimate of drug-likeness (QED) is 0.886. The molecule has 0 bridgehead atoms. The number of benzene rings is 1. The molecule has 3 nitrogen and oxygen atoms in total. The first-order valence-electron chi connectivity index (χ1n) is 5.82. The molecule has 0 saturated heterocycles. The number of methoxy groups -OCH3 is 1. The fourth-order valence-corrected chi connectivity index (χ4v) is 1.84. The van der Waals surface area contributed by atoms with Crippen LogP contribution < -0.4 is 10.5 Å². The van der Waals surface area contributed by atoms with Gasteiger partial charge < -0.3 is 14.9 Å². The van der Waals surface area contributed by atoms with Crippen molar-refractivity contribution in [3.05, 3.63) is 53.7 Å². The van der Waals surface area contributed by atoms with Gasteiger partial charge in [-0.3, -0.25) is 0 Å². The number of ether oxygens (including phenoxy) is 1. The standard InChI is InChI=1S/C14H16FNO2/c1-17-11-4-6-12(13(15)9-11)14(16)7-5-10-3-2-8-18-10/h2-4,6,8-9,14H,5,7,16H2,1H3. The summed E-state index contributed by atoms with van der Waals surface area (Å²) in [6, 6.07) is 8.10. The number of nitrogens with two attached hydrogens (primary N) is 1. The Labute approximate surface area is 105 Å². The first-order chi connectivity index (χ1) is 8.70. The van der Waals surface area contributed by atoms with E-state index in [2.05, 4.69) is 0 Å². The minimum Gasteiger partial charge on any atom is -0.497 e. The van der Waals surface area contributed by atoms with Gasteiger partial charge in [0.15, 0.2) is 0 Å². The molecule has 0 spiro atoms. The Morgan fingerprint density at radius 2 is 2.22 bits per heavy atom. The zero-order valence-electron chi connectivity index (χ0n) is 10.2. The Morgan fingerprint density at radius 1 is 1.39 bits per heavy atom. The predicted octanol–water partition coefficient (Wildman–Crippen LogP) is 3.06. The summed E-state index contributed by atoms with van der Waals surface area (Å²) in [6.07, 6.45) is 2.95. The number of hydrogen-bond acceptors (Lipinski definition) is 3. The average Bonchev–Trinajstić information content (AvgIpc) is 2.88. The van der Waals surface area contributed by atoms with Crippen LogP contribution in [-0.2, 0) is 6.42 Å². The zero-order valence-corrected chi connectivity index (χ0v) is 10.2. The van der Waals surface area contributed by atoms with Crippen LogP contribution in [0.1, 0.15) is 23.8 Å². The molecule has 1 aromatic heterocycles. The molecular formula is C14H16FNO2. The van der Waals surface area contributed by atoms with E-state index >= 15 is 0 Å². The van der Waals surface area contributed by atoms with Gasteiger partial charge in [0.1, 0.15) is 17.3 Å². The van der Waals surface area contributed by atoms with Gasteiger partial charge in [-0.25, -0.2) is 4.39 Å². The molecule has 1 aromatic carbocycles. The van der Waals surface area contributed by atoms with Gasteiger partial charge in [-0.1, -0.05) is 6.07 Å². The van der Waals surface area contributed by atoms with Crippen molar-refractivity contribution < 1.29 is 13.5 Å². The van der Waals surface area contributed by atoms with Crippen molar-refractivity contribution >= 4 is 0 Å². The van der Waals surface area contributed by atoms with E-state index < -0.39 is 0 Å². The van der Waals surface area contributed by atoms with Crippen LogP contribution in [0, 0.1) is 5.82 Å². The van der Waals surface area contributed by atoms with Crippen molar-refractivity contribution in [3.8, 4) is 5.75 Å². The number of rotatable bonds is 5. The predicted molar refractivity (Wildman–Crippen MR) is 66.9 cm³/mol. The van der Waals surface area contributed by atoms with Crippen LogP contribution in [0.3, 0.4) is 0 Å². The highest BCUT2D eigenvalue weighted by molar-refractivity contribution is 5.30. The Hall–Kier alpha value is -1.81. The van der Waals surface area contributed by atoms with Crippen LogP contribution in [0.4, 0.5) is 4.39 Å². The third-order valence-electron chi connectivity index (χ3n) is 2.89. The summed E-state index contributed by atoms with van der Waals surface area (Å²) in [7, 11) is 1.51. The Bertz CT molecular complexity index is 497. The van der Waals surface area contributed by atoms with Crippen molar-refractivity contribution in [2.24, 2.45) is 5.73 Å². The van der Waals surface area contributed by atoms with Gasteiger partial charge in [0, 0.05) is 24.1 Å². The number of aryl methyl sites for hydroxylation is 1. The van der Waals surface area contributed by atoms with E-state index in [1.807, 2.05) is 12.1 Å². The summed E-state index contributed by atoms with van der Waals surface area (Å²) in [6.45, 7) is 0. The summed E-state index contributed by atoms with van der Waals surface area (Å²) >= 11 is 0. The smallest absolute Gasteiger partial charge is 0.131 e. The fraction of sp³-hybridized carbons (Fsp3) is 0.286. The Kier molecular flexibility index (Phi) is 3.99. The first-order valence-corrected chi connectivity index (χ1v) is 5.82. The third kappa shape index (κ3) is 2.90. The van der Waals surface area contributed by atoms with E-state index in [1.54, 1.807) is 18.4 Å². The normalized spacial score (nSPS) is 12.4. The second-order valence-electron chi connectivity index (χ2n) is 4.11. The average molecular weight is 249 g/mol. The van der Waals surface area contributed by atoms with Crippen molar-refractivity contribution in [3.63, 3.8) is 0 Å². The topological polar surface area (TPSA) is 48.4 Å². The molecular weight excluding hydrogens is 233 g/mol. The lowest BCUT2D eigenvalue weighted by molar-refractivity contribution is 0.409. The Morgan fingerprint density at radius 3 is 2.83 bits per heavy atom. The highest BCUT2D eigenvalue weighted by Crippen LogP contribution is 2.23. The van der Waals surface area contributed by atoms with Gasteiger partial charge in [0.25, 0.3) is 0 Å². The van der Waals surface area contributed by atoms with Crippen LogP contribution in [0.2, 0.25) is 0 Å². The van der Waals surface area contributed by atoms with E-state index in [9.17, 15) is 4.39 Å². The molecule has 96 valence electrons. The molecule has 1 heterocycles. The monoisotopic (exact) mass is 249 g/mol. The minimum absolute atomic E-state index is 0.332. The number of halogens is 1. The van der Waals surface area contributed by atoms with Crippen LogP contribution in [0.15, 0.2) is 41.0 Å². The van der Waals surface area contributed by atoms with Crippen LogP contribution in [0.5, 0.6) is 5.75 Å². The van der Waals surface area contributed by atoms with E-state index in [0.29, 0.717) is 24.2 Å². The van der Waals surface area contributed by atoms with Gasteiger partial charge in [-0.15, -0.1) is 0 Å². The fourth-order valence-electron chi connectivity index (χ4n) is 1.84. The molecule has 0 amide bonds. The minimum atomic E-state index is -0.346. The lowest BCUT2D eigenvalue weighted by atomic mass is 10.0. The van der Waals surface area contributed by atoms with Crippen LogP contribution in [0.25, 0.3) is 0 Å². The first kappa shape index (κ1) is 12.6. The summed E-state index contributed by atoms with van der Waals surface area (Å²) in [5.41, 5.74) is 6.48. The largest absolute Gasteiger partial charge is 0.497 e. The maximum atomic E-state index is 13.8. The maximum absolute atomic E-state index is 13.8. The van der Waals surface area contributed by atoms with Crippen molar-refractivity contribution in [1.29, 1.82) is 0 Å². The van der Waals surface area contributed by atoms with Crippen molar-refractivity contribution in [1.82, 2.24) is 0 Å². The summed E-state index contributed by atoms with van der Waals surface area (Å²) in [4.78, 5) is 0. The van der Waals surface area contributed by atoms with Gasteiger partial charge >= 0.3 is 0 Å². The van der Waals surface area contributed by atoms with Gasteiger partial charge in [-0.2, -0.15) is 0 Å². The molecule has 0 fully saturated rings. The number of furan rings is 1. The highest BCUT2D eigenvalue weighted by Gasteiger charge is 2.12. The summed E-state index contributed by atoms with van der Waals surface area (Å²) in [5.74, 6) is 1.02. The van der Waals surface area contributed by atoms with E-state index in [0.717, 1.165) is 5.76 Å². The van der Waals surface area contributed by atoms with Gasteiger partial charge in [0.2, 0.25) is 0 Å². The molecule has 0 aliphatic carbocycles. The van der Waals surface area contributed by atoms with E-state index in [4.69, 9.17) is 14.9 Å². The molecule has 0 radical (unpaired) electrons. The molecule has 2 aromatic rings. The molecule has 1 atom stereocenters. The molecule has 0 saturated carbocycles. The van der Waals surface area contributed by atoms with Gasteiger partial charge in [-0.05, 0) is 24.6 Å². The molecule has 1 unspecified atom stereocenters. The lowest BCUT2D eigenvalue weighted by Gasteiger charge is -2.13. The SMILES string of the molecule is COc1ccc(C(N)CCc2ccco2)c(F)c1. The van der Waals surface area contributed by atoms with Gasteiger partial charge in [0.05, 0.1) is 13.4 Å². The third-order valence-corrected chi connectivity index (χ3v) is 2.89. The lowest BCUT2D eigenvalue weighted by Crippen LogP contribution is -2.13. The summed E-state index contributed by atoms with van der Waals surface area (Å²) in [5, 5.41) is 0. The van der Waals surface area contributed by atoms with Crippen LogP contribution >= 0.6 is 0 Å². The van der Waals surface area contributed by atoms with E-state index in [-0.39, 0.29) is 11.9 Å². The maximum Gasteiger partial charge on any atom is 0.131 e. The number of hydrogen-bond donors (Lipinski definition) is 1. The molecule has 2 N–H and O–H groups in total. The van der Waals surface area contributed by atoms with E-state index in [1.165, 1.54) is 13.2 Å². The molecule has 4 heteroatoms. The molecule has 0 aliphatic heterocycles. The highest BCUT2D eigenvalue weighted by atomic mass is 19.1. The Balaban J connectivity index is 2.02. The van der Waals surface area contributed by atoms with Crippen LogP contribution in [-0.4, -0.2) is 7.11 Å². The second-order valence-corrected chi connectivity index (χ2v) is 4.11. The molecule has 2 rings (SSSR count).